The Morgan fingerprint density at radius 1 is 0.846 bits per heavy atom. The van der Waals surface area contributed by atoms with Crippen LogP contribution in [0.3, 0.4) is 0 Å². The van der Waals surface area contributed by atoms with Crippen LogP contribution in [0.2, 0.25) is 39.3 Å². The normalized spacial score (nSPS) is 10.3. The number of hydrogen-bond acceptors (Lipinski definition) is 3. The van der Waals surface area contributed by atoms with Gasteiger partial charge < -0.3 is 4.65 Å². The second-order valence-corrected chi connectivity index (χ2v) is 14.7. The topological polar surface area (TPSA) is 73.8 Å². The van der Waals surface area contributed by atoms with Crippen molar-refractivity contribution in [1.82, 2.24) is 9.56 Å². The van der Waals surface area contributed by atoms with E-state index in [1.165, 1.54) is 0 Å². The van der Waals surface area contributed by atoms with Crippen LogP contribution in [0.15, 0.2) is 0 Å². The van der Waals surface area contributed by atoms with Gasteiger partial charge in [0, 0.05) is 0 Å². The molecule has 0 aromatic heterocycles. The van der Waals surface area contributed by atoms with Gasteiger partial charge in [0.25, 0.3) is 0 Å². The molecule has 0 aromatic carbocycles. The zero-order valence-corrected chi connectivity index (χ0v) is 10.9. The molecule has 0 aromatic rings. The van der Waals surface area contributed by atoms with Gasteiger partial charge in [-0.05, 0) is 0 Å². The molecule has 13 heavy (non-hydrogen) atoms. The van der Waals surface area contributed by atoms with Gasteiger partial charge in [-0.3, -0.25) is 0 Å². The van der Waals surface area contributed by atoms with E-state index in [4.69, 9.17) is 11.1 Å². The maximum absolute atomic E-state index is 5.50. The van der Waals surface area contributed by atoms with Crippen molar-refractivity contribution in [3.05, 3.63) is 0 Å². The minimum atomic E-state index is -0.981. The van der Waals surface area contributed by atoms with E-state index in [1.807, 2.05) is 4.91 Å². The summed E-state index contributed by atoms with van der Waals surface area (Å²) in [6.45, 7) is 14.1. The van der Waals surface area contributed by atoms with Gasteiger partial charge in [-0.15, -0.1) is 0 Å². The van der Waals surface area contributed by atoms with Crippen LogP contribution in [-0.4, -0.2) is 35.3 Å². The van der Waals surface area contributed by atoms with Gasteiger partial charge in [0.2, 0.25) is 4.91 Å². The summed E-state index contributed by atoms with van der Waals surface area (Å²) in [5, 5.41) is 0. The van der Waals surface area contributed by atoms with Gasteiger partial charge >= 0.3 is 18.9 Å². The molecule has 0 amide bonds. The van der Waals surface area contributed by atoms with Crippen molar-refractivity contribution in [2.24, 2.45) is 0 Å². The van der Waals surface area contributed by atoms with Crippen molar-refractivity contribution in [1.29, 1.82) is 11.1 Å². The fraction of sp³-hybridized carbons (Fsp3) is 1.00. The SMILES string of the molecule is C[Si](C)(C)N[Si](C)(C)C.N=[N+]=N.[LiH]. The van der Waals surface area contributed by atoms with Crippen LogP contribution in [0.4, 0.5) is 0 Å². The van der Waals surface area contributed by atoms with Crippen molar-refractivity contribution in [3.8, 4) is 0 Å². The van der Waals surface area contributed by atoms with E-state index in [2.05, 4.69) is 43.9 Å². The van der Waals surface area contributed by atoms with Crippen LogP contribution >= 0.6 is 0 Å². The number of hydrogen-bond donors (Lipinski definition) is 3. The molecule has 0 rings (SSSR count). The third kappa shape index (κ3) is 32.9. The Hall–Kier alpha value is 0.301. The summed E-state index contributed by atoms with van der Waals surface area (Å²) >= 11 is 0. The maximum atomic E-state index is 5.50. The molecule has 0 bridgehead atoms. The summed E-state index contributed by atoms with van der Waals surface area (Å²) in [5.74, 6) is 0. The second-order valence-electron chi connectivity index (χ2n) is 4.74. The number of rotatable bonds is 2. The summed E-state index contributed by atoms with van der Waals surface area (Å²) in [5.41, 5.74) is 11.0. The van der Waals surface area contributed by atoms with Gasteiger partial charge in [0.05, 0.1) is 0 Å². The Morgan fingerprint density at radius 2 is 1.00 bits per heavy atom. The molecule has 3 N–H and O–H groups in total. The number of nitrogens with zero attached hydrogens (tertiary/aromatic N) is 1. The fourth-order valence-corrected chi connectivity index (χ4v) is 10.1. The van der Waals surface area contributed by atoms with Crippen LogP contribution < -0.4 is 9.56 Å². The van der Waals surface area contributed by atoms with Crippen molar-refractivity contribution in [2.75, 3.05) is 0 Å². The van der Waals surface area contributed by atoms with E-state index >= 15 is 0 Å². The predicted molar refractivity (Wildman–Crippen MR) is 64.6 cm³/mol. The molecular weight excluding hydrogens is 191 g/mol. The average Bonchev–Trinajstić information content (AvgIpc) is 1.53. The molecule has 74 valence electrons. The van der Waals surface area contributed by atoms with E-state index in [9.17, 15) is 0 Å². The zero-order valence-electron chi connectivity index (χ0n) is 8.95. The standard InChI is InChI=1S/C6H19NSi2.Li.H2N3.H/c1-8(2,3)7-9(4,5)6;;1-3-2;/h7H,1-6H3;;1-2H;/q;;+1;. The van der Waals surface area contributed by atoms with E-state index in [0.29, 0.717) is 0 Å². The van der Waals surface area contributed by atoms with Crippen molar-refractivity contribution in [2.45, 2.75) is 39.3 Å². The summed E-state index contributed by atoms with van der Waals surface area (Å²) < 4.78 is 3.74. The van der Waals surface area contributed by atoms with E-state index < -0.39 is 16.5 Å². The first-order chi connectivity index (χ1) is 5.12. The van der Waals surface area contributed by atoms with Crippen molar-refractivity contribution in [3.63, 3.8) is 0 Å². The first-order valence-corrected chi connectivity index (χ1v) is 10.9. The molecule has 0 aliphatic carbocycles. The average molecular weight is 213 g/mol. The van der Waals surface area contributed by atoms with Crippen LogP contribution in [0, 0.1) is 11.1 Å². The molecular formula is C6H22LiN4Si2+. The molecule has 0 unspecified atom stereocenters. The minimum absolute atomic E-state index is 0. The van der Waals surface area contributed by atoms with Crippen LogP contribution in [-0.2, 0) is 0 Å². The molecule has 0 saturated heterocycles. The van der Waals surface area contributed by atoms with E-state index in [-0.39, 0.29) is 18.9 Å². The zero-order chi connectivity index (χ0) is 10.4. The Kier molecular flexibility index (Phi) is 11.2. The Balaban J connectivity index is -0.000000220. The van der Waals surface area contributed by atoms with E-state index in [0.717, 1.165) is 0 Å². The summed E-state index contributed by atoms with van der Waals surface area (Å²) in [4.78, 5) is 2.00. The summed E-state index contributed by atoms with van der Waals surface area (Å²) in [7, 11) is -1.96. The fourth-order valence-electron chi connectivity index (χ4n) is 1.12. The van der Waals surface area contributed by atoms with Gasteiger partial charge in [-0.25, -0.2) is 0 Å². The Bertz CT molecular complexity index is 143. The molecule has 0 saturated carbocycles. The van der Waals surface area contributed by atoms with Gasteiger partial charge in [0.15, 0.2) is 0 Å². The first-order valence-electron chi connectivity index (χ1n) is 3.95. The van der Waals surface area contributed by atoms with E-state index in [1.54, 1.807) is 0 Å². The Labute approximate surface area is 95.3 Å². The third-order valence-corrected chi connectivity index (χ3v) is 6.75. The van der Waals surface area contributed by atoms with Crippen LogP contribution in [0.25, 0.3) is 0 Å². The van der Waals surface area contributed by atoms with Crippen LogP contribution in [0.5, 0.6) is 0 Å². The molecule has 0 aliphatic rings. The monoisotopic (exact) mass is 213 g/mol. The summed E-state index contributed by atoms with van der Waals surface area (Å²) in [6, 6.07) is 0. The summed E-state index contributed by atoms with van der Waals surface area (Å²) in [6.07, 6.45) is 0. The molecule has 7 heteroatoms. The molecule has 0 fully saturated rings. The molecule has 0 radical (unpaired) electrons. The molecule has 0 atom stereocenters. The molecule has 0 spiro atoms. The van der Waals surface area contributed by atoms with Crippen LogP contribution in [0.1, 0.15) is 0 Å². The second kappa shape index (κ2) is 7.68. The van der Waals surface area contributed by atoms with Gasteiger partial charge in [-0.2, -0.15) is 0 Å². The first kappa shape index (κ1) is 19.0. The third-order valence-electron chi connectivity index (χ3n) is 0.750. The molecule has 0 aliphatic heterocycles. The predicted octanol–water partition coefficient (Wildman–Crippen LogP) is 1.71. The Morgan fingerprint density at radius 3 is 1.00 bits per heavy atom. The van der Waals surface area contributed by atoms with Crippen molar-refractivity contribution >= 4 is 35.3 Å². The molecule has 4 nitrogen and oxygen atoms in total. The quantitative estimate of drug-likeness (QED) is 0.365. The molecule has 0 heterocycles. The van der Waals surface area contributed by atoms with Gasteiger partial charge in [-0.1, -0.05) is 39.3 Å². The number of nitrogens with one attached hydrogen (secondary N) is 3. The van der Waals surface area contributed by atoms with Crippen molar-refractivity contribution < 1.29 is 0 Å². The van der Waals surface area contributed by atoms with Gasteiger partial charge in [0.1, 0.15) is 27.5 Å².